The molecule has 3 heterocycles. The maximum absolute atomic E-state index is 13.7. The number of hydrogen-bond donors (Lipinski definition) is 2. The predicted molar refractivity (Wildman–Crippen MR) is 176 cm³/mol. The molecule has 0 bridgehead atoms. The summed E-state index contributed by atoms with van der Waals surface area (Å²) in [6.45, 7) is 2.12. The summed E-state index contributed by atoms with van der Waals surface area (Å²) in [4.78, 5) is 50.7. The average Bonchev–Trinajstić information content (AvgIpc) is 3.50. The Labute approximate surface area is 279 Å². The van der Waals surface area contributed by atoms with E-state index in [1.54, 1.807) is 19.2 Å². The molecule has 12 nitrogen and oxygen atoms in total. The molecule has 3 N–H and O–H groups in total. The molecule has 1 saturated heterocycles. The molecule has 1 aromatic heterocycles. The summed E-state index contributed by atoms with van der Waals surface area (Å²) in [5.41, 5.74) is 9.46. The van der Waals surface area contributed by atoms with Gasteiger partial charge < -0.3 is 25.4 Å². The summed E-state index contributed by atoms with van der Waals surface area (Å²) in [6.07, 6.45) is 1.35. The number of carbonyl (C=O) groups is 3. The standard InChI is InChI=1S/C31H33ClN6O6S2/c1-17(12-18-4-6-19(14-32)7-5-18)13-21-16-45-29-24(34-27(39)23(36-43-3)26-35-31(33)46-37-26)28(40)38(29)25(21)30(41)44-15-20-8-10-22(42-2)11-9-20/h4-11,17,24,29H,12-16H2,1-3H3,(H,34,39)(H2,33,35,37)/b36-23-/t17?,24-,29-/m1/s1. The van der Waals surface area contributed by atoms with Crippen LogP contribution < -0.4 is 15.8 Å². The Balaban J connectivity index is 1.35. The number of methoxy groups -OCH3 is 1. The lowest BCUT2D eigenvalue weighted by Gasteiger charge is -2.50. The Hall–Kier alpha value is -4.14. The number of rotatable bonds is 13. The van der Waals surface area contributed by atoms with Crippen molar-refractivity contribution in [3.8, 4) is 5.75 Å². The van der Waals surface area contributed by atoms with Crippen LogP contribution >= 0.6 is 34.9 Å². The van der Waals surface area contributed by atoms with Gasteiger partial charge in [0.05, 0.1) is 7.11 Å². The number of alkyl halides is 1. The summed E-state index contributed by atoms with van der Waals surface area (Å²) in [5, 5.41) is 6.08. The minimum atomic E-state index is -0.917. The van der Waals surface area contributed by atoms with E-state index in [2.05, 4.69) is 38.9 Å². The van der Waals surface area contributed by atoms with E-state index in [4.69, 9.17) is 31.6 Å². The van der Waals surface area contributed by atoms with Crippen LogP contribution in [-0.2, 0) is 42.9 Å². The van der Waals surface area contributed by atoms with E-state index in [1.807, 2.05) is 24.3 Å². The summed E-state index contributed by atoms with van der Waals surface area (Å²) in [5.74, 6) is 0.0192. The molecule has 1 unspecified atom stereocenters. The fraction of sp³-hybridized carbons (Fsp3) is 0.355. The number of thioether (sulfide) groups is 1. The van der Waals surface area contributed by atoms with Crippen molar-refractivity contribution in [3.05, 3.63) is 82.3 Å². The van der Waals surface area contributed by atoms with Crippen LogP contribution in [0.1, 0.15) is 35.9 Å². The van der Waals surface area contributed by atoms with Crippen LogP contribution in [0.2, 0.25) is 0 Å². The number of amides is 2. The first-order chi connectivity index (χ1) is 22.2. The second-order valence-corrected chi connectivity index (χ2v) is 12.9. The number of nitrogens with zero attached hydrogens (tertiary/aromatic N) is 4. The summed E-state index contributed by atoms with van der Waals surface area (Å²) >= 11 is 8.31. The lowest BCUT2D eigenvalue weighted by atomic mass is 9.92. The van der Waals surface area contributed by atoms with Gasteiger partial charge in [-0.3, -0.25) is 14.5 Å². The lowest BCUT2D eigenvalue weighted by molar-refractivity contribution is -0.153. The van der Waals surface area contributed by atoms with E-state index in [-0.39, 0.29) is 34.9 Å². The number of halogens is 1. The molecular weight excluding hydrogens is 652 g/mol. The highest BCUT2D eigenvalue weighted by Gasteiger charge is 2.54. The number of nitrogens with one attached hydrogen (secondary N) is 1. The first-order valence-electron chi connectivity index (χ1n) is 14.3. The molecule has 1 fully saturated rings. The van der Waals surface area contributed by atoms with Gasteiger partial charge in [-0.1, -0.05) is 48.5 Å². The van der Waals surface area contributed by atoms with Gasteiger partial charge in [-0.25, -0.2) is 4.79 Å². The first-order valence-corrected chi connectivity index (χ1v) is 16.7. The van der Waals surface area contributed by atoms with Crippen LogP contribution in [0.25, 0.3) is 0 Å². The van der Waals surface area contributed by atoms with E-state index in [9.17, 15) is 14.4 Å². The van der Waals surface area contributed by atoms with Gasteiger partial charge in [0.25, 0.3) is 11.8 Å². The molecule has 2 amide bonds. The normalized spacial score (nSPS) is 18.4. The van der Waals surface area contributed by atoms with Crippen molar-refractivity contribution in [3.63, 3.8) is 0 Å². The quantitative estimate of drug-likeness (QED) is 0.0890. The van der Waals surface area contributed by atoms with Crippen LogP contribution in [0.4, 0.5) is 5.13 Å². The van der Waals surface area contributed by atoms with Crippen molar-refractivity contribution < 1.29 is 28.7 Å². The highest BCUT2D eigenvalue weighted by molar-refractivity contribution is 8.00. The topological polar surface area (TPSA) is 158 Å². The van der Waals surface area contributed by atoms with Crippen molar-refractivity contribution >= 4 is 63.5 Å². The van der Waals surface area contributed by atoms with Crippen molar-refractivity contribution in [1.29, 1.82) is 0 Å². The molecule has 3 aromatic rings. The van der Waals surface area contributed by atoms with Crippen molar-refractivity contribution in [1.82, 2.24) is 19.6 Å². The van der Waals surface area contributed by atoms with Crippen LogP contribution in [0.3, 0.4) is 0 Å². The Morgan fingerprint density at radius 3 is 2.43 bits per heavy atom. The number of benzene rings is 2. The average molecular weight is 685 g/mol. The summed E-state index contributed by atoms with van der Waals surface area (Å²) < 4.78 is 15.0. The Morgan fingerprint density at radius 2 is 1.80 bits per heavy atom. The number of fused-ring (bicyclic) bond motifs is 1. The van der Waals surface area contributed by atoms with Crippen molar-refractivity contribution in [2.24, 2.45) is 11.1 Å². The van der Waals surface area contributed by atoms with Gasteiger partial charge in [0, 0.05) is 23.2 Å². The van der Waals surface area contributed by atoms with Crippen LogP contribution in [0, 0.1) is 5.92 Å². The molecular formula is C31H33ClN6O6S2. The number of esters is 1. The van der Waals surface area contributed by atoms with Crippen LogP contribution in [0.15, 0.2) is 65.0 Å². The largest absolute Gasteiger partial charge is 0.497 e. The third kappa shape index (κ3) is 7.45. The molecule has 0 aliphatic carbocycles. The molecule has 46 heavy (non-hydrogen) atoms. The maximum Gasteiger partial charge on any atom is 0.355 e. The zero-order valence-electron chi connectivity index (χ0n) is 25.4. The van der Waals surface area contributed by atoms with Gasteiger partial charge in [0.1, 0.15) is 36.6 Å². The van der Waals surface area contributed by atoms with E-state index in [0.717, 1.165) is 40.2 Å². The number of hydrogen-bond acceptors (Lipinski definition) is 12. The molecule has 0 radical (unpaired) electrons. The number of aromatic nitrogens is 2. The molecule has 3 atom stereocenters. The Morgan fingerprint density at radius 1 is 1.11 bits per heavy atom. The van der Waals surface area contributed by atoms with Crippen LogP contribution in [-0.4, -0.2) is 69.1 Å². The fourth-order valence-corrected chi connectivity index (χ4v) is 7.22. The summed E-state index contributed by atoms with van der Waals surface area (Å²) in [6, 6.07) is 14.4. The van der Waals surface area contributed by atoms with Gasteiger partial charge in [-0.05, 0) is 53.2 Å². The van der Waals surface area contributed by atoms with Gasteiger partial charge >= 0.3 is 5.97 Å². The van der Waals surface area contributed by atoms with Gasteiger partial charge in [-0.2, -0.15) is 9.36 Å². The van der Waals surface area contributed by atoms with Crippen molar-refractivity contribution in [2.45, 2.75) is 43.7 Å². The minimum Gasteiger partial charge on any atom is -0.497 e. The minimum absolute atomic E-state index is 0.0157. The molecule has 15 heteroatoms. The first kappa shape index (κ1) is 33.2. The van der Waals surface area contributed by atoms with E-state index in [1.165, 1.54) is 23.8 Å². The van der Waals surface area contributed by atoms with Crippen molar-refractivity contribution in [2.75, 3.05) is 25.7 Å². The van der Waals surface area contributed by atoms with Gasteiger partial charge in [0.15, 0.2) is 5.13 Å². The summed E-state index contributed by atoms with van der Waals surface area (Å²) in [7, 11) is 2.86. The third-order valence-corrected chi connectivity index (χ3v) is 9.65. The molecule has 242 valence electrons. The second kappa shape index (κ2) is 15.0. The lowest BCUT2D eigenvalue weighted by Crippen LogP contribution is -2.71. The zero-order chi connectivity index (χ0) is 32.8. The maximum atomic E-state index is 13.7. The zero-order valence-corrected chi connectivity index (χ0v) is 27.8. The Bertz CT molecular complexity index is 1650. The molecule has 2 aliphatic rings. The smallest absolute Gasteiger partial charge is 0.355 e. The number of anilines is 1. The van der Waals surface area contributed by atoms with Gasteiger partial charge in [0.2, 0.25) is 11.5 Å². The predicted octanol–water partition coefficient (Wildman–Crippen LogP) is 3.88. The monoisotopic (exact) mass is 684 g/mol. The van der Waals surface area contributed by atoms with E-state index in [0.29, 0.717) is 23.8 Å². The molecule has 2 aliphatic heterocycles. The fourth-order valence-electron chi connectivity index (χ4n) is 5.24. The molecule has 0 spiro atoms. The highest BCUT2D eigenvalue weighted by Crippen LogP contribution is 2.42. The Kier molecular flexibility index (Phi) is 10.8. The number of nitrogens with two attached hydrogens (primary N) is 1. The molecule has 0 saturated carbocycles. The van der Waals surface area contributed by atoms with Crippen LogP contribution in [0.5, 0.6) is 5.75 Å². The number of β-lactam (4-membered cyclic amide) rings is 1. The van der Waals surface area contributed by atoms with E-state index >= 15 is 0 Å². The highest BCUT2D eigenvalue weighted by atomic mass is 35.5. The SMILES string of the molecule is CO/N=C(\C(=O)N[C@@H]1C(=O)N2C(C(=O)OCc3ccc(OC)cc3)=C(CC(C)Cc3ccc(CCl)cc3)CS[C@H]12)c1nsc(N)n1. The molecule has 5 rings (SSSR count). The number of carbonyl (C=O) groups excluding carboxylic acids is 3. The molecule has 2 aromatic carbocycles. The van der Waals surface area contributed by atoms with Gasteiger partial charge in [-0.15, -0.1) is 23.4 Å². The number of oxime groups is 1. The third-order valence-electron chi connectivity index (χ3n) is 7.46. The second-order valence-electron chi connectivity index (χ2n) is 10.8. The number of ether oxygens (including phenoxy) is 2. The number of nitrogen functional groups attached to an aromatic ring is 1. The van der Waals surface area contributed by atoms with E-state index < -0.39 is 29.2 Å².